The van der Waals surface area contributed by atoms with Crippen molar-refractivity contribution in [1.82, 2.24) is 5.32 Å². The minimum Gasteiger partial charge on any atom is -0.380 e. The number of hydrogen-bond donors (Lipinski definition) is 1. The van der Waals surface area contributed by atoms with Crippen molar-refractivity contribution in [2.24, 2.45) is 0 Å². The molecule has 90 valence electrons. The third-order valence-electron chi connectivity index (χ3n) is 2.63. The second kappa shape index (κ2) is 6.89. The highest BCUT2D eigenvalue weighted by molar-refractivity contribution is 6.31. The van der Waals surface area contributed by atoms with Gasteiger partial charge in [0.05, 0.1) is 13.2 Å². The minimum atomic E-state index is 0.766. The van der Waals surface area contributed by atoms with Crippen LogP contribution in [0.1, 0.15) is 16.7 Å². The van der Waals surface area contributed by atoms with Gasteiger partial charge in [-0.3, -0.25) is 0 Å². The van der Waals surface area contributed by atoms with E-state index in [9.17, 15) is 0 Å². The van der Waals surface area contributed by atoms with Crippen molar-refractivity contribution >= 4 is 11.6 Å². The molecule has 0 bridgehead atoms. The number of rotatable bonds is 6. The van der Waals surface area contributed by atoms with Crippen molar-refractivity contribution in [3.63, 3.8) is 0 Å². The Hall–Kier alpha value is -0.570. The number of ether oxygens (including phenoxy) is 1. The molecule has 1 aromatic carbocycles. The lowest BCUT2D eigenvalue weighted by Gasteiger charge is -2.09. The predicted molar refractivity (Wildman–Crippen MR) is 69.4 cm³/mol. The van der Waals surface area contributed by atoms with Gasteiger partial charge in [0, 0.05) is 11.6 Å². The Bertz CT molecular complexity index is 339. The van der Waals surface area contributed by atoms with Gasteiger partial charge >= 0.3 is 0 Å². The highest BCUT2D eigenvalue weighted by Gasteiger charge is 2.02. The molecule has 2 nitrogen and oxygen atoms in total. The summed E-state index contributed by atoms with van der Waals surface area (Å²) in [7, 11) is 1.93. The van der Waals surface area contributed by atoms with Crippen LogP contribution in [0.25, 0.3) is 0 Å². The van der Waals surface area contributed by atoms with Crippen molar-refractivity contribution in [3.05, 3.63) is 33.8 Å². The molecule has 0 radical (unpaired) electrons. The van der Waals surface area contributed by atoms with Gasteiger partial charge in [0.25, 0.3) is 0 Å². The second-order valence-electron chi connectivity index (χ2n) is 3.99. The van der Waals surface area contributed by atoms with E-state index >= 15 is 0 Å². The lowest BCUT2D eigenvalue weighted by molar-refractivity contribution is 0.140. The summed E-state index contributed by atoms with van der Waals surface area (Å²) in [5.74, 6) is 0. The summed E-state index contributed by atoms with van der Waals surface area (Å²) in [4.78, 5) is 0. The molecule has 0 fully saturated rings. The lowest BCUT2D eigenvalue weighted by atomic mass is 10.0. The van der Waals surface area contributed by atoms with Gasteiger partial charge in [-0.05, 0) is 50.1 Å². The van der Waals surface area contributed by atoms with E-state index in [0.717, 1.165) is 36.8 Å². The first kappa shape index (κ1) is 13.5. The van der Waals surface area contributed by atoms with Crippen molar-refractivity contribution in [1.29, 1.82) is 0 Å². The van der Waals surface area contributed by atoms with E-state index in [1.807, 2.05) is 20.0 Å². The molecule has 1 N–H and O–H groups in total. The van der Waals surface area contributed by atoms with E-state index < -0.39 is 0 Å². The molecule has 0 amide bonds. The summed E-state index contributed by atoms with van der Waals surface area (Å²) < 4.78 is 5.51. The van der Waals surface area contributed by atoms with E-state index in [0.29, 0.717) is 0 Å². The molecule has 0 heterocycles. The van der Waals surface area contributed by atoms with E-state index in [1.165, 1.54) is 11.1 Å². The largest absolute Gasteiger partial charge is 0.380 e. The first-order valence-electron chi connectivity index (χ1n) is 5.63. The van der Waals surface area contributed by atoms with E-state index in [4.69, 9.17) is 16.3 Å². The molecule has 0 atom stereocenters. The molecule has 0 aliphatic rings. The van der Waals surface area contributed by atoms with Crippen molar-refractivity contribution in [2.45, 2.75) is 20.3 Å². The van der Waals surface area contributed by atoms with E-state index in [-0.39, 0.29) is 0 Å². The Morgan fingerprint density at radius 2 is 1.94 bits per heavy atom. The van der Waals surface area contributed by atoms with Gasteiger partial charge in [0.2, 0.25) is 0 Å². The van der Waals surface area contributed by atoms with Crippen molar-refractivity contribution < 1.29 is 4.74 Å². The zero-order valence-corrected chi connectivity index (χ0v) is 11.0. The molecule has 0 saturated heterocycles. The summed E-state index contributed by atoms with van der Waals surface area (Å²) in [6.07, 6.45) is 0.952. The summed E-state index contributed by atoms with van der Waals surface area (Å²) in [5, 5.41) is 3.90. The maximum Gasteiger partial charge on any atom is 0.0590 e. The predicted octanol–water partition coefficient (Wildman–Crippen LogP) is 2.74. The number of halogens is 1. The Morgan fingerprint density at radius 3 is 2.62 bits per heavy atom. The van der Waals surface area contributed by atoms with Crippen LogP contribution in [-0.2, 0) is 11.2 Å². The van der Waals surface area contributed by atoms with Crippen LogP contribution in [0.4, 0.5) is 0 Å². The number of hydrogen-bond acceptors (Lipinski definition) is 2. The third kappa shape index (κ3) is 4.12. The first-order valence-corrected chi connectivity index (χ1v) is 6.01. The highest BCUT2D eigenvalue weighted by atomic mass is 35.5. The maximum atomic E-state index is 6.05. The Balaban J connectivity index is 2.45. The average molecular weight is 242 g/mol. The lowest BCUT2D eigenvalue weighted by Crippen LogP contribution is -2.15. The molecule has 0 aliphatic heterocycles. The fourth-order valence-electron chi connectivity index (χ4n) is 1.57. The van der Waals surface area contributed by atoms with Crippen LogP contribution >= 0.6 is 11.6 Å². The topological polar surface area (TPSA) is 21.3 Å². The summed E-state index contributed by atoms with van der Waals surface area (Å²) in [5.41, 5.74) is 3.71. The van der Waals surface area contributed by atoms with Crippen LogP contribution in [0.2, 0.25) is 5.02 Å². The summed E-state index contributed by atoms with van der Waals surface area (Å²) >= 11 is 6.05. The molecule has 3 heteroatoms. The molecule has 1 rings (SSSR count). The maximum absolute atomic E-state index is 6.05. The van der Waals surface area contributed by atoms with Gasteiger partial charge in [-0.25, -0.2) is 0 Å². The smallest absolute Gasteiger partial charge is 0.0590 e. The molecule has 0 saturated carbocycles. The Morgan fingerprint density at radius 1 is 1.19 bits per heavy atom. The molecule has 0 aromatic heterocycles. The number of nitrogens with one attached hydrogen (secondary N) is 1. The fourth-order valence-corrected chi connectivity index (χ4v) is 1.79. The molecule has 1 aromatic rings. The van der Waals surface area contributed by atoms with E-state index in [2.05, 4.69) is 18.3 Å². The normalized spacial score (nSPS) is 10.8. The van der Waals surface area contributed by atoms with Gasteiger partial charge < -0.3 is 10.1 Å². The summed E-state index contributed by atoms with van der Waals surface area (Å²) in [6.45, 7) is 6.56. The quantitative estimate of drug-likeness (QED) is 0.774. The zero-order chi connectivity index (χ0) is 12.0. The third-order valence-corrected chi connectivity index (χ3v) is 3.04. The van der Waals surface area contributed by atoms with Crippen molar-refractivity contribution in [2.75, 3.05) is 26.8 Å². The molecule has 16 heavy (non-hydrogen) atoms. The van der Waals surface area contributed by atoms with Crippen LogP contribution in [-0.4, -0.2) is 26.8 Å². The average Bonchev–Trinajstić information content (AvgIpc) is 2.25. The number of aryl methyl sites for hydroxylation is 2. The number of likely N-dealkylation sites (N-methyl/N-ethyl adjacent to an activating group) is 1. The van der Waals surface area contributed by atoms with Crippen molar-refractivity contribution in [3.8, 4) is 0 Å². The van der Waals surface area contributed by atoms with Crippen LogP contribution in [0, 0.1) is 13.8 Å². The second-order valence-corrected chi connectivity index (χ2v) is 4.40. The van der Waals surface area contributed by atoms with Crippen LogP contribution in [0.5, 0.6) is 0 Å². The van der Waals surface area contributed by atoms with Gasteiger partial charge in [-0.1, -0.05) is 17.7 Å². The van der Waals surface area contributed by atoms with Gasteiger partial charge in [0.15, 0.2) is 0 Å². The zero-order valence-electron chi connectivity index (χ0n) is 10.3. The summed E-state index contributed by atoms with van der Waals surface area (Å²) in [6, 6.07) is 4.18. The van der Waals surface area contributed by atoms with Gasteiger partial charge in [0.1, 0.15) is 0 Å². The Labute approximate surface area is 103 Å². The molecule has 0 spiro atoms. The fraction of sp³-hybridized carbons (Fsp3) is 0.538. The van der Waals surface area contributed by atoms with Crippen LogP contribution in [0.3, 0.4) is 0 Å². The first-order chi connectivity index (χ1) is 7.65. The van der Waals surface area contributed by atoms with Crippen LogP contribution in [0.15, 0.2) is 12.1 Å². The molecular formula is C13H20ClNO. The minimum absolute atomic E-state index is 0.766. The Kier molecular flexibility index (Phi) is 5.81. The standard InChI is InChI=1S/C13H20ClNO/c1-10-9-13(14)11(2)8-12(10)4-6-16-7-5-15-3/h8-9,15H,4-7H2,1-3H3. The molecule has 0 unspecified atom stereocenters. The SMILES string of the molecule is CNCCOCCc1cc(C)c(Cl)cc1C. The van der Waals surface area contributed by atoms with Gasteiger partial charge in [-0.2, -0.15) is 0 Å². The van der Waals surface area contributed by atoms with Crippen LogP contribution < -0.4 is 5.32 Å². The molecule has 0 aliphatic carbocycles. The number of benzene rings is 1. The van der Waals surface area contributed by atoms with Gasteiger partial charge in [-0.15, -0.1) is 0 Å². The molecular weight excluding hydrogens is 222 g/mol. The highest BCUT2D eigenvalue weighted by Crippen LogP contribution is 2.20. The monoisotopic (exact) mass is 241 g/mol. The van der Waals surface area contributed by atoms with E-state index in [1.54, 1.807) is 0 Å².